The molecule has 27 heavy (non-hydrogen) atoms. The van der Waals surface area contributed by atoms with Gasteiger partial charge >= 0.3 is 0 Å². The number of halogens is 1. The quantitative estimate of drug-likeness (QED) is 0.676. The van der Waals surface area contributed by atoms with E-state index in [9.17, 15) is 4.79 Å². The highest BCUT2D eigenvalue weighted by Crippen LogP contribution is 2.29. The molecule has 1 amide bonds. The number of hydrogen-bond acceptors (Lipinski definition) is 2. The lowest BCUT2D eigenvalue weighted by molar-refractivity contribution is -0.117. The Labute approximate surface area is 168 Å². The molecule has 2 aliphatic heterocycles. The minimum atomic E-state index is 0. The van der Waals surface area contributed by atoms with Crippen LogP contribution in [0.3, 0.4) is 0 Å². The van der Waals surface area contributed by atoms with E-state index in [0.717, 1.165) is 31.1 Å². The Balaban J connectivity index is 0.00000210. The van der Waals surface area contributed by atoms with Crippen LogP contribution in [0.2, 0.25) is 0 Å². The van der Waals surface area contributed by atoms with E-state index in [4.69, 9.17) is 0 Å². The van der Waals surface area contributed by atoms with Crippen molar-refractivity contribution in [2.45, 2.75) is 38.0 Å². The summed E-state index contributed by atoms with van der Waals surface area (Å²) in [7, 11) is 0. The molecule has 2 heterocycles. The standard InChI is InChI=1S/C23H28N2O.ClH/c26-23-18-21-10-4-5-11-22(21)25(23)15-7-6-14-24-16-12-20(13-17-24)19-8-2-1-3-9-19;/h1-5,8-11,20H,6-7,12-18H2;1H. The molecule has 2 aromatic carbocycles. The minimum Gasteiger partial charge on any atom is -0.312 e. The van der Waals surface area contributed by atoms with Gasteiger partial charge in [0.25, 0.3) is 0 Å². The van der Waals surface area contributed by atoms with Crippen molar-refractivity contribution in [3.05, 3.63) is 65.7 Å². The summed E-state index contributed by atoms with van der Waals surface area (Å²) in [5.74, 6) is 0.987. The molecule has 144 valence electrons. The van der Waals surface area contributed by atoms with Crippen molar-refractivity contribution in [1.29, 1.82) is 0 Å². The van der Waals surface area contributed by atoms with Crippen LogP contribution in [0.4, 0.5) is 5.69 Å². The van der Waals surface area contributed by atoms with Gasteiger partial charge in [0.15, 0.2) is 0 Å². The Bertz CT molecular complexity index is 741. The number of hydrogen-bond donors (Lipinski definition) is 0. The lowest BCUT2D eigenvalue weighted by Gasteiger charge is -2.32. The van der Waals surface area contributed by atoms with Crippen LogP contribution >= 0.6 is 12.4 Å². The number of fused-ring (bicyclic) bond motifs is 1. The zero-order chi connectivity index (χ0) is 17.8. The van der Waals surface area contributed by atoms with Gasteiger partial charge in [-0.3, -0.25) is 4.79 Å². The first-order valence-corrected chi connectivity index (χ1v) is 9.97. The van der Waals surface area contributed by atoms with Crippen molar-refractivity contribution in [3.8, 4) is 0 Å². The first kappa shape index (κ1) is 19.9. The van der Waals surface area contributed by atoms with Crippen molar-refractivity contribution in [2.75, 3.05) is 31.1 Å². The Kier molecular flexibility index (Phi) is 6.92. The molecular weight excluding hydrogens is 356 g/mol. The molecule has 0 unspecified atom stereocenters. The third-order valence-corrected chi connectivity index (χ3v) is 5.89. The maximum absolute atomic E-state index is 12.2. The summed E-state index contributed by atoms with van der Waals surface area (Å²) in [6.07, 6.45) is 5.35. The topological polar surface area (TPSA) is 23.6 Å². The van der Waals surface area contributed by atoms with Crippen LogP contribution in [0, 0.1) is 0 Å². The fourth-order valence-electron chi connectivity index (χ4n) is 4.38. The smallest absolute Gasteiger partial charge is 0.231 e. The lowest BCUT2D eigenvalue weighted by Crippen LogP contribution is -2.34. The van der Waals surface area contributed by atoms with Gasteiger partial charge in [0.05, 0.1) is 6.42 Å². The number of rotatable bonds is 6. The van der Waals surface area contributed by atoms with Crippen LogP contribution in [0.1, 0.15) is 42.7 Å². The molecule has 0 bridgehead atoms. The zero-order valence-electron chi connectivity index (χ0n) is 15.8. The average Bonchev–Trinajstić information content (AvgIpc) is 3.01. The molecule has 0 N–H and O–H groups in total. The first-order valence-electron chi connectivity index (χ1n) is 9.97. The Morgan fingerprint density at radius 2 is 1.52 bits per heavy atom. The summed E-state index contributed by atoms with van der Waals surface area (Å²) >= 11 is 0. The number of anilines is 1. The van der Waals surface area contributed by atoms with Crippen LogP contribution in [0.25, 0.3) is 0 Å². The SMILES string of the molecule is Cl.O=C1Cc2ccccc2N1CCCCN1CCC(c2ccccc2)CC1. The molecule has 4 rings (SSSR count). The monoisotopic (exact) mass is 384 g/mol. The van der Waals surface area contributed by atoms with Gasteiger partial charge in [-0.25, -0.2) is 0 Å². The average molecular weight is 385 g/mol. The molecular formula is C23H29ClN2O. The van der Waals surface area contributed by atoms with Gasteiger partial charge in [0.1, 0.15) is 0 Å². The number of benzene rings is 2. The summed E-state index contributed by atoms with van der Waals surface area (Å²) in [5.41, 5.74) is 3.81. The lowest BCUT2D eigenvalue weighted by atomic mass is 9.89. The molecule has 2 aliphatic rings. The Morgan fingerprint density at radius 1 is 0.852 bits per heavy atom. The molecule has 1 saturated heterocycles. The fourth-order valence-corrected chi connectivity index (χ4v) is 4.38. The van der Waals surface area contributed by atoms with Gasteiger partial charge < -0.3 is 9.80 Å². The van der Waals surface area contributed by atoms with E-state index >= 15 is 0 Å². The summed E-state index contributed by atoms with van der Waals surface area (Å²) in [6, 6.07) is 19.1. The molecule has 0 saturated carbocycles. The molecule has 4 heteroatoms. The van der Waals surface area contributed by atoms with E-state index in [2.05, 4.69) is 47.4 Å². The van der Waals surface area contributed by atoms with Gasteiger partial charge in [-0.15, -0.1) is 12.4 Å². The second-order valence-electron chi connectivity index (χ2n) is 7.58. The van der Waals surface area contributed by atoms with Gasteiger partial charge in [0.2, 0.25) is 5.91 Å². The van der Waals surface area contributed by atoms with E-state index in [-0.39, 0.29) is 18.3 Å². The zero-order valence-corrected chi connectivity index (χ0v) is 16.7. The summed E-state index contributed by atoms with van der Waals surface area (Å²) in [5, 5.41) is 0. The minimum absolute atomic E-state index is 0. The Hall–Kier alpha value is -1.84. The molecule has 0 radical (unpaired) electrons. The number of amides is 1. The predicted octanol–water partition coefficient (Wildman–Crippen LogP) is 4.66. The van der Waals surface area contributed by atoms with Crippen LogP contribution in [-0.4, -0.2) is 37.0 Å². The summed E-state index contributed by atoms with van der Waals surface area (Å²) in [6.45, 7) is 4.41. The predicted molar refractivity (Wildman–Crippen MR) is 114 cm³/mol. The molecule has 3 nitrogen and oxygen atoms in total. The molecule has 0 atom stereocenters. The van der Waals surface area contributed by atoms with Crippen molar-refractivity contribution in [3.63, 3.8) is 0 Å². The summed E-state index contributed by atoms with van der Waals surface area (Å²) < 4.78 is 0. The molecule has 0 spiro atoms. The van der Waals surface area contributed by atoms with Gasteiger partial charge in [-0.05, 0) is 68.4 Å². The van der Waals surface area contributed by atoms with E-state index < -0.39 is 0 Å². The van der Waals surface area contributed by atoms with Gasteiger partial charge in [-0.2, -0.15) is 0 Å². The number of piperidine rings is 1. The fraction of sp³-hybridized carbons (Fsp3) is 0.435. The third-order valence-electron chi connectivity index (χ3n) is 5.89. The van der Waals surface area contributed by atoms with Gasteiger partial charge in [-0.1, -0.05) is 48.5 Å². The van der Waals surface area contributed by atoms with Crippen molar-refractivity contribution in [1.82, 2.24) is 4.90 Å². The molecule has 0 aliphatic carbocycles. The van der Waals surface area contributed by atoms with Crippen molar-refractivity contribution >= 4 is 24.0 Å². The van der Waals surface area contributed by atoms with Crippen LogP contribution < -0.4 is 4.90 Å². The normalized spacial score (nSPS) is 17.6. The number of carbonyl (C=O) groups is 1. The largest absolute Gasteiger partial charge is 0.312 e. The first-order chi connectivity index (χ1) is 12.8. The Morgan fingerprint density at radius 3 is 2.30 bits per heavy atom. The van der Waals surface area contributed by atoms with E-state index in [0.29, 0.717) is 6.42 Å². The highest BCUT2D eigenvalue weighted by atomic mass is 35.5. The maximum atomic E-state index is 12.2. The molecule has 1 fully saturated rings. The van der Waals surface area contributed by atoms with Crippen LogP contribution in [0.5, 0.6) is 0 Å². The maximum Gasteiger partial charge on any atom is 0.231 e. The van der Waals surface area contributed by atoms with Crippen LogP contribution in [0.15, 0.2) is 54.6 Å². The van der Waals surface area contributed by atoms with Crippen molar-refractivity contribution in [2.24, 2.45) is 0 Å². The van der Waals surface area contributed by atoms with E-state index in [1.807, 2.05) is 17.0 Å². The van der Waals surface area contributed by atoms with E-state index in [1.54, 1.807) is 0 Å². The number of likely N-dealkylation sites (tertiary alicyclic amines) is 1. The van der Waals surface area contributed by atoms with Crippen molar-refractivity contribution < 1.29 is 4.79 Å². The third kappa shape index (κ3) is 4.72. The highest BCUT2D eigenvalue weighted by molar-refractivity contribution is 6.01. The number of para-hydroxylation sites is 1. The second kappa shape index (κ2) is 9.38. The van der Waals surface area contributed by atoms with Gasteiger partial charge in [0, 0.05) is 12.2 Å². The number of carbonyl (C=O) groups excluding carboxylic acids is 1. The number of unbranched alkanes of at least 4 members (excludes halogenated alkanes) is 1. The van der Waals surface area contributed by atoms with E-state index in [1.165, 1.54) is 43.5 Å². The van der Waals surface area contributed by atoms with Crippen LogP contribution in [-0.2, 0) is 11.2 Å². The second-order valence-corrected chi connectivity index (χ2v) is 7.58. The molecule has 2 aromatic rings. The summed E-state index contributed by atoms with van der Waals surface area (Å²) in [4.78, 5) is 16.8. The highest BCUT2D eigenvalue weighted by Gasteiger charge is 2.26. The molecule has 0 aromatic heterocycles. The number of nitrogens with zero attached hydrogens (tertiary/aromatic N) is 2.